The summed E-state index contributed by atoms with van der Waals surface area (Å²) < 4.78 is 0. The Bertz CT molecular complexity index is 935. The molecule has 0 aliphatic carbocycles. The third kappa shape index (κ3) is 3.93. The van der Waals surface area contributed by atoms with Gasteiger partial charge in [-0.2, -0.15) is 5.26 Å². The smallest absolute Gasteiger partial charge is 0.320 e. The number of fused-ring (bicyclic) bond motifs is 1. The fourth-order valence-corrected chi connectivity index (χ4v) is 5.29. The van der Waals surface area contributed by atoms with Crippen LogP contribution in [-0.4, -0.2) is 35.5 Å². The number of piperidine rings is 1. The molecule has 1 aromatic heterocycles. The maximum Gasteiger partial charge on any atom is 0.320 e. The van der Waals surface area contributed by atoms with E-state index in [-0.39, 0.29) is 6.03 Å². The molecular weight excluding hydrogens is 410 g/mol. The maximum absolute atomic E-state index is 12.9. The molecule has 7 heteroatoms. The van der Waals surface area contributed by atoms with E-state index < -0.39 is 0 Å². The van der Waals surface area contributed by atoms with Crippen LogP contribution in [0.1, 0.15) is 28.8 Å². The third-order valence-corrected chi connectivity index (χ3v) is 7.42. The van der Waals surface area contributed by atoms with Gasteiger partial charge in [0, 0.05) is 36.0 Å². The summed E-state index contributed by atoms with van der Waals surface area (Å²) in [4.78, 5) is 19.2. The van der Waals surface area contributed by atoms with Gasteiger partial charge in [0.25, 0.3) is 0 Å². The van der Waals surface area contributed by atoms with Crippen LogP contribution >= 0.6 is 33.0 Å². The first-order valence-electron chi connectivity index (χ1n) is 9.30. The lowest BCUT2D eigenvalue weighted by Crippen LogP contribution is -2.47. The summed E-state index contributed by atoms with van der Waals surface area (Å²) in [5.41, 5.74) is 4.08. The molecule has 4 rings (SSSR count). The SMILES string of the molecule is N#CC(=C1CCN(C(=O)N2CCc3sccc3C2)CC1)c1ccc(SCl)cc1. The molecule has 28 heavy (non-hydrogen) atoms. The number of carbonyl (C=O) groups is 1. The molecule has 0 unspecified atom stereocenters. The van der Waals surface area contributed by atoms with E-state index in [2.05, 4.69) is 17.5 Å². The number of nitriles is 1. The highest BCUT2D eigenvalue weighted by atomic mass is 35.7. The van der Waals surface area contributed by atoms with E-state index in [0.717, 1.165) is 47.4 Å². The van der Waals surface area contributed by atoms with Crippen LogP contribution in [0.25, 0.3) is 5.57 Å². The lowest BCUT2D eigenvalue weighted by molar-refractivity contribution is 0.144. The highest BCUT2D eigenvalue weighted by molar-refractivity contribution is 8.21. The zero-order valence-corrected chi connectivity index (χ0v) is 17.7. The number of thiophene rings is 1. The van der Waals surface area contributed by atoms with Gasteiger partial charge in [-0.15, -0.1) is 11.3 Å². The molecular formula is C21H20ClN3OS2. The van der Waals surface area contributed by atoms with Gasteiger partial charge in [-0.05, 0) is 81.2 Å². The summed E-state index contributed by atoms with van der Waals surface area (Å²) in [5.74, 6) is 0. The van der Waals surface area contributed by atoms with Crippen LogP contribution in [0.2, 0.25) is 0 Å². The quantitative estimate of drug-likeness (QED) is 0.588. The molecule has 3 heterocycles. The minimum Gasteiger partial charge on any atom is -0.324 e. The van der Waals surface area contributed by atoms with E-state index in [0.29, 0.717) is 19.6 Å². The van der Waals surface area contributed by atoms with Crippen LogP contribution in [0, 0.1) is 11.3 Å². The Morgan fingerprint density at radius 3 is 2.46 bits per heavy atom. The minimum atomic E-state index is 0.123. The van der Waals surface area contributed by atoms with E-state index in [1.807, 2.05) is 34.1 Å². The van der Waals surface area contributed by atoms with Crippen LogP contribution in [0.3, 0.4) is 0 Å². The second-order valence-electron chi connectivity index (χ2n) is 7.00. The van der Waals surface area contributed by atoms with Crippen molar-refractivity contribution in [1.29, 1.82) is 5.26 Å². The van der Waals surface area contributed by atoms with Gasteiger partial charge >= 0.3 is 6.03 Å². The molecule has 0 saturated carbocycles. The molecule has 0 N–H and O–H groups in total. The Kier molecular flexibility index (Phi) is 5.96. The number of urea groups is 1. The van der Waals surface area contributed by atoms with E-state index >= 15 is 0 Å². The van der Waals surface area contributed by atoms with Crippen molar-refractivity contribution < 1.29 is 4.79 Å². The standard InChI is InChI=1S/C21H20ClN3OS2/c22-28-18-3-1-15(2-4-18)19(13-23)16-5-9-24(10-6-16)21(26)25-11-7-20-17(14-25)8-12-27-20/h1-4,8,12H,5-7,9-11,14H2. The number of hydrogen-bond donors (Lipinski definition) is 0. The highest BCUT2D eigenvalue weighted by Crippen LogP contribution is 2.30. The van der Waals surface area contributed by atoms with Crippen molar-refractivity contribution >= 4 is 44.6 Å². The Morgan fingerprint density at radius 1 is 1.07 bits per heavy atom. The molecule has 1 saturated heterocycles. The first kappa shape index (κ1) is 19.4. The fourth-order valence-electron chi connectivity index (χ4n) is 3.85. The minimum absolute atomic E-state index is 0.123. The molecule has 144 valence electrons. The Labute approximate surface area is 177 Å². The summed E-state index contributed by atoms with van der Waals surface area (Å²) in [5, 5.41) is 11.8. The van der Waals surface area contributed by atoms with Crippen LogP contribution in [0.15, 0.2) is 46.2 Å². The second kappa shape index (κ2) is 8.60. The summed E-state index contributed by atoms with van der Waals surface area (Å²) >= 11 is 1.78. The number of nitrogens with zero attached hydrogens (tertiary/aromatic N) is 3. The zero-order chi connectivity index (χ0) is 19.5. The van der Waals surface area contributed by atoms with Crippen molar-refractivity contribution in [2.24, 2.45) is 0 Å². The number of amides is 2. The number of hydrogen-bond acceptors (Lipinski definition) is 4. The average molecular weight is 430 g/mol. The predicted octanol–water partition coefficient (Wildman–Crippen LogP) is 5.55. The van der Waals surface area contributed by atoms with E-state index in [1.165, 1.54) is 21.4 Å². The third-order valence-electron chi connectivity index (χ3n) is 5.41. The van der Waals surface area contributed by atoms with Gasteiger partial charge in [0.05, 0.1) is 11.6 Å². The Balaban J connectivity index is 1.42. The zero-order valence-electron chi connectivity index (χ0n) is 15.4. The van der Waals surface area contributed by atoms with Gasteiger partial charge < -0.3 is 9.80 Å². The molecule has 2 aliphatic rings. The molecule has 1 fully saturated rings. The summed E-state index contributed by atoms with van der Waals surface area (Å²) in [7, 11) is 6.94. The monoisotopic (exact) mass is 429 g/mol. The van der Waals surface area contributed by atoms with Crippen LogP contribution < -0.4 is 0 Å². The second-order valence-corrected chi connectivity index (χ2v) is 9.09. The molecule has 4 nitrogen and oxygen atoms in total. The first-order valence-corrected chi connectivity index (χ1v) is 11.8. The van der Waals surface area contributed by atoms with Crippen LogP contribution in [0.5, 0.6) is 0 Å². The van der Waals surface area contributed by atoms with Gasteiger partial charge in [-0.3, -0.25) is 0 Å². The largest absolute Gasteiger partial charge is 0.324 e. The van der Waals surface area contributed by atoms with Crippen molar-refractivity contribution in [3.8, 4) is 6.07 Å². The topological polar surface area (TPSA) is 47.3 Å². The van der Waals surface area contributed by atoms with Gasteiger partial charge in [-0.25, -0.2) is 4.79 Å². The van der Waals surface area contributed by atoms with E-state index in [1.54, 1.807) is 11.3 Å². The lowest BCUT2D eigenvalue weighted by Gasteiger charge is -2.35. The van der Waals surface area contributed by atoms with Crippen LogP contribution in [0.4, 0.5) is 4.79 Å². The summed E-state index contributed by atoms with van der Waals surface area (Å²) in [6.07, 6.45) is 2.45. The predicted molar refractivity (Wildman–Crippen MR) is 115 cm³/mol. The highest BCUT2D eigenvalue weighted by Gasteiger charge is 2.28. The summed E-state index contributed by atoms with van der Waals surface area (Å²) in [6, 6.07) is 12.4. The number of carbonyl (C=O) groups excluding carboxylic acids is 1. The van der Waals surface area contributed by atoms with Gasteiger partial charge in [0.2, 0.25) is 0 Å². The molecule has 2 aromatic rings. The van der Waals surface area contributed by atoms with Gasteiger partial charge in [0.1, 0.15) is 0 Å². The van der Waals surface area contributed by atoms with Crippen molar-refractivity contribution in [3.05, 3.63) is 57.3 Å². The Hall–Kier alpha value is -1.94. The average Bonchev–Trinajstić information content (AvgIpc) is 3.22. The molecule has 0 bridgehead atoms. The van der Waals surface area contributed by atoms with E-state index in [9.17, 15) is 10.1 Å². The van der Waals surface area contributed by atoms with Crippen molar-refractivity contribution in [3.63, 3.8) is 0 Å². The Morgan fingerprint density at radius 2 is 1.79 bits per heavy atom. The van der Waals surface area contributed by atoms with Crippen molar-refractivity contribution in [2.45, 2.75) is 30.7 Å². The molecule has 0 radical (unpaired) electrons. The normalized spacial score (nSPS) is 16.5. The molecule has 2 aliphatic heterocycles. The number of likely N-dealkylation sites (tertiary alicyclic amines) is 1. The van der Waals surface area contributed by atoms with Crippen molar-refractivity contribution in [1.82, 2.24) is 9.80 Å². The number of allylic oxidation sites excluding steroid dienone is 1. The van der Waals surface area contributed by atoms with Gasteiger partial charge in [0.15, 0.2) is 0 Å². The lowest BCUT2D eigenvalue weighted by atomic mass is 9.94. The first-order chi connectivity index (χ1) is 13.7. The molecule has 2 amide bonds. The number of benzene rings is 1. The maximum atomic E-state index is 12.9. The molecule has 0 atom stereocenters. The fraction of sp³-hybridized carbons (Fsp3) is 0.333. The van der Waals surface area contributed by atoms with Crippen molar-refractivity contribution in [2.75, 3.05) is 19.6 Å². The summed E-state index contributed by atoms with van der Waals surface area (Å²) in [6.45, 7) is 2.84. The van der Waals surface area contributed by atoms with Gasteiger partial charge in [-0.1, -0.05) is 12.1 Å². The van der Waals surface area contributed by atoms with Crippen LogP contribution in [-0.2, 0) is 13.0 Å². The number of rotatable bonds is 2. The molecule has 0 spiro atoms. The number of halogens is 1. The molecule has 1 aromatic carbocycles. The van der Waals surface area contributed by atoms with E-state index in [4.69, 9.17) is 10.7 Å².